The number of rotatable bonds is 5. The van der Waals surface area contributed by atoms with Crippen LogP contribution in [0.4, 0.5) is 0 Å². The SMILES string of the molecule is CN=CN=C(N)c1c(C)cnc2c1cc(SN1CCCC1)n2SI. The Balaban J connectivity index is 2.11. The molecule has 2 aromatic heterocycles. The monoisotopic (exact) mass is 474 g/mol. The standard InChI is InChI=1S/C15H19IN6S2/c1-10-8-19-15-11(13(10)14(17)20-9-18-2)7-12(22(15)24-16)23-21-5-3-4-6-21/h7-9H,3-6H2,1-2H3,(H2,17,18,20). The fourth-order valence-electron chi connectivity index (χ4n) is 2.77. The second kappa shape index (κ2) is 8.07. The summed E-state index contributed by atoms with van der Waals surface area (Å²) in [5.41, 5.74) is 9.08. The summed E-state index contributed by atoms with van der Waals surface area (Å²) >= 11 is 4.09. The third-order valence-electron chi connectivity index (χ3n) is 3.87. The van der Waals surface area contributed by atoms with E-state index >= 15 is 0 Å². The molecule has 128 valence electrons. The van der Waals surface area contributed by atoms with Gasteiger partial charge in [0.25, 0.3) is 0 Å². The molecule has 0 radical (unpaired) electrons. The number of fused-ring (bicyclic) bond motifs is 1. The first-order valence-corrected chi connectivity index (χ1v) is 11.7. The maximum Gasteiger partial charge on any atom is 0.152 e. The zero-order chi connectivity index (χ0) is 17.1. The quantitative estimate of drug-likeness (QED) is 0.310. The van der Waals surface area contributed by atoms with Crippen molar-refractivity contribution in [2.24, 2.45) is 15.7 Å². The molecule has 0 spiro atoms. The van der Waals surface area contributed by atoms with E-state index in [-0.39, 0.29) is 0 Å². The second-order valence-electron chi connectivity index (χ2n) is 5.51. The van der Waals surface area contributed by atoms with E-state index in [1.165, 1.54) is 24.2 Å². The molecule has 9 heteroatoms. The van der Waals surface area contributed by atoms with Crippen molar-refractivity contribution >= 4 is 65.5 Å². The van der Waals surface area contributed by atoms with Gasteiger partial charge in [-0.1, -0.05) is 0 Å². The molecule has 3 heterocycles. The summed E-state index contributed by atoms with van der Waals surface area (Å²) < 4.78 is 4.56. The molecule has 2 aromatic rings. The predicted molar refractivity (Wildman–Crippen MR) is 113 cm³/mol. The van der Waals surface area contributed by atoms with Gasteiger partial charge in [0.1, 0.15) is 17.2 Å². The topological polar surface area (TPSA) is 71.8 Å². The molecule has 1 aliphatic heterocycles. The van der Waals surface area contributed by atoms with Crippen LogP contribution in [0.1, 0.15) is 24.0 Å². The van der Waals surface area contributed by atoms with Crippen LogP contribution >= 0.6 is 42.3 Å². The lowest BCUT2D eigenvalue weighted by Crippen LogP contribution is -2.15. The van der Waals surface area contributed by atoms with E-state index in [4.69, 9.17) is 5.73 Å². The highest BCUT2D eigenvalue weighted by molar-refractivity contribution is 14.2. The van der Waals surface area contributed by atoms with Crippen LogP contribution in [-0.2, 0) is 0 Å². The molecule has 0 aliphatic carbocycles. The first-order chi connectivity index (χ1) is 11.7. The van der Waals surface area contributed by atoms with E-state index in [0.717, 1.165) is 35.2 Å². The second-order valence-corrected chi connectivity index (χ2v) is 8.32. The number of nitrogens with zero attached hydrogens (tertiary/aromatic N) is 5. The van der Waals surface area contributed by atoms with E-state index in [1.807, 2.05) is 13.1 Å². The fraction of sp³-hybridized carbons (Fsp3) is 0.400. The first-order valence-electron chi connectivity index (χ1n) is 7.63. The number of aromatic nitrogens is 2. The molecule has 0 bridgehead atoms. The van der Waals surface area contributed by atoms with Crippen molar-refractivity contribution in [3.63, 3.8) is 0 Å². The Hall–Kier alpha value is -0.780. The Bertz CT molecular complexity index is 795. The first kappa shape index (κ1) is 18.0. The summed E-state index contributed by atoms with van der Waals surface area (Å²) in [5, 5.41) is 2.20. The molecular formula is C15H19IN6S2. The van der Waals surface area contributed by atoms with Crippen molar-refractivity contribution < 1.29 is 0 Å². The highest BCUT2D eigenvalue weighted by atomic mass is 127. The fourth-order valence-corrected chi connectivity index (χ4v) is 5.94. The van der Waals surface area contributed by atoms with Crippen molar-refractivity contribution in [3.8, 4) is 0 Å². The lowest BCUT2D eigenvalue weighted by atomic mass is 10.1. The van der Waals surface area contributed by atoms with E-state index in [1.54, 1.807) is 28.1 Å². The molecule has 6 nitrogen and oxygen atoms in total. The van der Waals surface area contributed by atoms with Gasteiger partial charge in [-0.25, -0.2) is 14.3 Å². The molecule has 0 amide bonds. The van der Waals surface area contributed by atoms with Crippen molar-refractivity contribution in [3.05, 3.63) is 23.4 Å². The minimum atomic E-state index is 0.471. The van der Waals surface area contributed by atoms with Crippen LogP contribution in [0.2, 0.25) is 0 Å². The highest BCUT2D eigenvalue weighted by Gasteiger charge is 2.20. The van der Waals surface area contributed by atoms with Crippen LogP contribution in [0.25, 0.3) is 11.0 Å². The van der Waals surface area contributed by atoms with Crippen LogP contribution in [-0.4, -0.2) is 45.6 Å². The summed E-state index contributed by atoms with van der Waals surface area (Å²) in [5.74, 6) is 0.471. The molecule has 1 fully saturated rings. The number of hydrogen-bond acceptors (Lipinski definition) is 5. The molecular weight excluding hydrogens is 455 g/mol. The van der Waals surface area contributed by atoms with Crippen LogP contribution in [0.3, 0.4) is 0 Å². The van der Waals surface area contributed by atoms with E-state index < -0.39 is 0 Å². The van der Waals surface area contributed by atoms with Crippen LogP contribution in [0.5, 0.6) is 0 Å². The Morgan fingerprint density at radius 1 is 1.42 bits per heavy atom. The number of aryl methyl sites for hydroxylation is 1. The predicted octanol–water partition coefficient (Wildman–Crippen LogP) is 3.66. The van der Waals surface area contributed by atoms with Crippen LogP contribution < -0.4 is 5.73 Å². The summed E-state index contributed by atoms with van der Waals surface area (Å²) in [6, 6.07) is 2.17. The van der Waals surface area contributed by atoms with Gasteiger partial charge in [-0.2, -0.15) is 0 Å². The number of amidine groups is 1. The van der Waals surface area contributed by atoms with Gasteiger partial charge in [-0.05, 0) is 43.3 Å². The van der Waals surface area contributed by atoms with Gasteiger partial charge in [0.05, 0.1) is 0 Å². The summed E-state index contributed by atoms with van der Waals surface area (Å²) in [7, 11) is 3.31. The van der Waals surface area contributed by atoms with Crippen molar-refractivity contribution in [1.82, 2.24) is 13.3 Å². The smallest absolute Gasteiger partial charge is 0.152 e. The van der Waals surface area contributed by atoms with Gasteiger partial charge >= 0.3 is 0 Å². The number of nitrogens with two attached hydrogens (primary N) is 1. The molecule has 3 rings (SSSR count). The number of halogens is 1. The minimum Gasteiger partial charge on any atom is -0.383 e. The number of aliphatic imine (C=N–C) groups is 2. The third kappa shape index (κ3) is 3.58. The van der Waals surface area contributed by atoms with Gasteiger partial charge in [0, 0.05) is 67.6 Å². The number of hydrogen-bond donors (Lipinski definition) is 1. The van der Waals surface area contributed by atoms with Gasteiger partial charge in [0.15, 0.2) is 5.65 Å². The summed E-state index contributed by atoms with van der Waals surface area (Å²) in [6.45, 7) is 4.27. The molecule has 24 heavy (non-hydrogen) atoms. The molecule has 1 saturated heterocycles. The maximum absolute atomic E-state index is 6.21. The van der Waals surface area contributed by atoms with Crippen molar-refractivity contribution in [2.45, 2.75) is 24.8 Å². The summed E-state index contributed by atoms with van der Waals surface area (Å²) in [6.07, 6.45) is 5.87. The van der Waals surface area contributed by atoms with Gasteiger partial charge in [-0.3, -0.25) is 8.96 Å². The van der Waals surface area contributed by atoms with Crippen LogP contribution in [0.15, 0.2) is 27.3 Å². The van der Waals surface area contributed by atoms with Crippen molar-refractivity contribution in [1.29, 1.82) is 0 Å². The Morgan fingerprint density at radius 2 is 2.17 bits per heavy atom. The summed E-state index contributed by atoms with van der Waals surface area (Å²) in [4.78, 5) is 12.8. The Morgan fingerprint density at radius 3 is 2.83 bits per heavy atom. The Kier molecular flexibility index (Phi) is 6.06. The largest absolute Gasteiger partial charge is 0.383 e. The Labute approximate surface area is 162 Å². The zero-order valence-electron chi connectivity index (χ0n) is 13.6. The van der Waals surface area contributed by atoms with Gasteiger partial charge in [-0.15, -0.1) is 0 Å². The molecule has 0 unspecified atom stereocenters. The molecule has 0 atom stereocenters. The highest BCUT2D eigenvalue weighted by Crippen LogP contribution is 2.37. The average Bonchev–Trinajstić information content (AvgIpc) is 3.19. The van der Waals surface area contributed by atoms with Crippen LogP contribution in [0, 0.1) is 6.92 Å². The van der Waals surface area contributed by atoms with E-state index in [2.05, 4.69) is 50.5 Å². The molecule has 2 N–H and O–H groups in total. The lowest BCUT2D eigenvalue weighted by Gasteiger charge is -2.13. The minimum absolute atomic E-state index is 0.471. The lowest BCUT2D eigenvalue weighted by molar-refractivity contribution is 0.585. The maximum atomic E-state index is 6.21. The third-order valence-corrected chi connectivity index (χ3v) is 6.79. The van der Waals surface area contributed by atoms with Gasteiger partial charge in [0.2, 0.25) is 0 Å². The molecule has 0 saturated carbocycles. The molecule has 1 aliphatic rings. The van der Waals surface area contributed by atoms with Crippen molar-refractivity contribution in [2.75, 3.05) is 20.1 Å². The van der Waals surface area contributed by atoms with Gasteiger partial charge < -0.3 is 5.73 Å². The van der Waals surface area contributed by atoms with E-state index in [9.17, 15) is 0 Å². The number of pyridine rings is 1. The zero-order valence-corrected chi connectivity index (χ0v) is 17.4. The molecule has 0 aromatic carbocycles. The average molecular weight is 474 g/mol. The normalized spacial score (nSPS) is 16.7. The van der Waals surface area contributed by atoms with E-state index in [0.29, 0.717) is 5.84 Å².